The van der Waals surface area contributed by atoms with Crippen molar-refractivity contribution in [3.63, 3.8) is 0 Å². The summed E-state index contributed by atoms with van der Waals surface area (Å²) in [7, 11) is 0. The van der Waals surface area contributed by atoms with E-state index in [4.69, 9.17) is 9.84 Å². The maximum absolute atomic E-state index is 12.8. The molecule has 0 spiro atoms. The zero-order chi connectivity index (χ0) is 22.5. The summed E-state index contributed by atoms with van der Waals surface area (Å²) >= 11 is 1.28. The van der Waals surface area contributed by atoms with Gasteiger partial charge in [0.1, 0.15) is 12.6 Å². The van der Waals surface area contributed by atoms with Crippen LogP contribution in [-0.2, 0) is 16.1 Å². The number of rotatable bonds is 6. The molecule has 0 saturated carbocycles. The molecule has 32 heavy (non-hydrogen) atoms. The van der Waals surface area contributed by atoms with Gasteiger partial charge in [0.15, 0.2) is 5.13 Å². The van der Waals surface area contributed by atoms with Crippen LogP contribution >= 0.6 is 11.3 Å². The molecular weight excluding hydrogens is 430 g/mol. The van der Waals surface area contributed by atoms with Gasteiger partial charge in [-0.25, -0.2) is 14.6 Å². The van der Waals surface area contributed by atoms with Crippen molar-refractivity contribution in [3.8, 4) is 10.4 Å². The average Bonchev–Trinajstić information content (AvgIpc) is 3.48. The third-order valence-electron chi connectivity index (χ3n) is 5.15. The standard InChI is InChI=1S/C23H21N3O5S/c27-20(18-7-4-12-26(18)23(30)31-14-15-5-2-1-3-6-15)25-22-24-13-19(32-22)16-8-10-17(11-9-16)21(28)29/h1-3,5-6,8-11,13,18H,4,7,12,14H2,(H,28,29)(H,24,25,27). The minimum atomic E-state index is -0.989. The summed E-state index contributed by atoms with van der Waals surface area (Å²) in [4.78, 5) is 42.8. The van der Waals surface area contributed by atoms with Crippen molar-refractivity contribution < 1.29 is 24.2 Å². The monoisotopic (exact) mass is 451 g/mol. The highest BCUT2D eigenvalue weighted by molar-refractivity contribution is 7.19. The van der Waals surface area contributed by atoms with Gasteiger partial charge in [-0.1, -0.05) is 53.8 Å². The predicted molar refractivity (Wildman–Crippen MR) is 119 cm³/mol. The van der Waals surface area contributed by atoms with Gasteiger partial charge in [-0.15, -0.1) is 0 Å². The zero-order valence-corrected chi connectivity index (χ0v) is 17.9. The molecule has 1 saturated heterocycles. The van der Waals surface area contributed by atoms with Crippen LogP contribution in [0.4, 0.5) is 9.93 Å². The number of hydrogen-bond acceptors (Lipinski definition) is 6. The Kier molecular flexibility index (Phi) is 6.46. The number of nitrogens with one attached hydrogen (secondary N) is 1. The highest BCUT2D eigenvalue weighted by Crippen LogP contribution is 2.30. The van der Waals surface area contributed by atoms with E-state index in [-0.39, 0.29) is 18.1 Å². The molecule has 1 fully saturated rings. The molecule has 0 aliphatic carbocycles. The normalized spacial score (nSPS) is 15.4. The summed E-state index contributed by atoms with van der Waals surface area (Å²) in [6, 6.07) is 15.2. The van der Waals surface area contributed by atoms with Gasteiger partial charge >= 0.3 is 12.1 Å². The number of hydrogen-bond donors (Lipinski definition) is 2. The molecule has 2 amide bonds. The maximum Gasteiger partial charge on any atom is 0.410 e. The van der Waals surface area contributed by atoms with Crippen molar-refractivity contribution in [1.29, 1.82) is 0 Å². The van der Waals surface area contributed by atoms with Crippen LogP contribution < -0.4 is 5.32 Å². The largest absolute Gasteiger partial charge is 0.478 e. The molecule has 1 atom stereocenters. The molecule has 1 unspecified atom stereocenters. The fourth-order valence-corrected chi connectivity index (χ4v) is 4.32. The number of ether oxygens (including phenoxy) is 1. The minimum absolute atomic E-state index is 0.154. The molecule has 0 radical (unpaired) electrons. The topological polar surface area (TPSA) is 109 Å². The van der Waals surface area contributed by atoms with Gasteiger partial charge in [0, 0.05) is 12.7 Å². The second-order valence-corrected chi connectivity index (χ2v) is 8.32. The highest BCUT2D eigenvalue weighted by atomic mass is 32.1. The number of carboxylic acids is 1. The number of carboxylic acid groups (broad SMARTS) is 1. The van der Waals surface area contributed by atoms with Crippen molar-refractivity contribution >= 4 is 34.4 Å². The van der Waals surface area contributed by atoms with E-state index in [2.05, 4.69) is 10.3 Å². The van der Waals surface area contributed by atoms with Crippen LogP contribution in [-0.4, -0.2) is 45.5 Å². The Hall–Kier alpha value is -3.72. The number of amides is 2. The fraction of sp³-hybridized carbons (Fsp3) is 0.217. The SMILES string of the molecule is O=C(O)c1ccc(-c2cnc(NC(=O)C3CCCN3C(=O)OCc3ccccc3)s2)cc1. The van der Waals surface area contributed by atoms with E-state index in [9.17, 15) is 14.4 Å². The Morgan fingerprint density at radius 1 is 1.12 bits per heavy atom. The van der Waals surface area contributed by atoms with Gasteiger partial charge in [-0.2, -0.15) is 0 Å². The van der Waals surface area contributed by atoms with Crippen LogP contribution in [0.15, 0.2) is 60.8 Å². The van der Waals surface area contributed by atoms with E-state index >= 15 is 0 Å². The molecule has 0 bridgehead atoms. The summed E-state index contributed by atoms with van der Waals surface area (Å²) in [5.41, 5.74) is 1.89. The summed E-state index contributed by atoms with van der Waals surface area (Å²) in [5.74, 6) is -1.29. The van der Waals surface area contributed by atoms with E-state index in [0.717, 1.165) is 22.4 Å². The quantitative estimate of drug-likeness (QED) is 0.580. The van der Waals surface area contributed by atoms with E-state index < -0.39 is 18.1 Å². The number of carbonyl (C=O) groups excluding carboxylic acids is 2. The molecule has 9 heteroatoms. The van der Waals surface area contributed by atoms with Crippen molar-refractivity contribution in [1.82, 2.24) is 9.88 Å². The second-order valence-electron chi connectivity index (χ2n) is 7.29. The van der Waals surface area contributed by atoms with Gasteiger partial charge in [0.05, 0.1) is 10.4 Å². The van der Waals surface area contributed by atoms with E-state index in [1.165, 1.54) is 28.4 Å². The molecule has 1 aliphatic rings. The van der Waals surface area contributed by atoms with Crippen LogP contribution in [0.3, 0.4) is 0 Å². The van der Waals surface area contributed by atoms with Crippen LogP contribution in [0.5, 0.6) is 0 Å². The Bertz CT molecular complexity index is 1110. The molecule has 1 aliphatic heterocycles. The number of aromatic carboxylic acids is 1. The first-order valence-corrected chi connectivity index (χ1v) is 10.9. The van der Waals surface area contributed by atoms with Crippen LogP contribution in [0.2, 0.25) is 0 Å². The molecule has 8 nitrogen and oxygen atoms in total. The van der Waals surface area contributed by atoms with Crippen molar-refractivity contribution in [3.05, 3.63) is 71.9 Å². The fourth-order valence-electron chi connectivity index (χ4n) is 3.49. The predicted octanol–water partition coefficient (Wildman–Crippen LogP) is 4.25. The lowest BCUT2D eigenvalue weighted by Gasteiger charge is -2.22. The van der Waals surface area contributed by atoms with Crippen molar-refractivity contribution in [2.75, 3.05) is 11.9 Å². The lowest BCUT2D eigenvalue weighted by Crippen LogP contribution is -2.43. The van der Waals surface area contributed by atoms with Gasteiger partial charge in [0.2, 0.25) is 5.91 Å². The van der Waals surface area contributed by atoms with Gasteiger partial charge in [-0.05, 0) is 36.1 Å². The number of benzene rings is 2. The number of aromatic nitrogens is 1. The minimum Gasteiger partial charge on any atom is -0.478 e. The van der Waals surface area contributed by atoms with Gasteiger partial charge in [0.25, 0.3) is 0 Å². The zero-order valence-electron chi connectivity index (χ0n) is 17.1. The lowest BCUT2D eigenvalue weighted by atomic mass is 10.1. The van der Waals surface area contributed by atoms with Crippen molar-refractivity contribution in [2.24, 2.45) is 0 Å². The van der Waals surface area contributed by atoms with Crippen molar-refractivity contribution in [2.45, 2.75) is 25.5 Å². The number of likely N-dealkylation sites (tertiary alicyclic amines) is 1. The maximum atomic E-state index is 12.8. The van der Waals surface area contributed by atoms with Crippen LogP contribution in [0, 0.1) is 0 Å². The lowest BCUT2D eigenvalue weighted by molar-refractivity contribution is -0.120. The number of carbonyl (C=O) groups is 3. The number of thiazole rings is 1. The molecule has 2 heterocycles. The first kappa shape index (κ1) is 21.5. The summed E-state index contributed by atoms with van der Waals surface area (Å²) < 4.78 is 5.38. The first-order valence-electron chi connectivity index (χ1n) is 10.1. The molecule has 2 N–H and O–H groups in total. The summed E-state index contributed by atoms with van der Waals surface area (Å²) in [6.45, 7) is 0.617. The average molecular weight is 452 g/mol. The third-order valence-corrected chi connectivity index (χ3v) is 6.11. The van der Waals surface area contributed by atoms with Crippen LogP contribution in [0.1, 0.15) is 28.8 Å². The van der Waals surface area contributed by atoms with Gasteiger partial charge in [-0.3, -0.25) is 9.69 Å². The Morgan fingerprint density at radius 3 is 2.59 bits per heavy atom. The Morgan fingerprint density at radius 2 is 1.88 bits per heavy atom. The number of anilines is 1. The summed E-state index contributed by atoms with van der Waals surface area (Å²) in [5, 5.41) is 12.2. The first-order chi connectivity index (χ1) is 15.5. The molecule has 2 aromatic carbocycles. The number of nitrogens with zero attached hydrogens (tertiary/aromatic N) is 2. The third kappa shape index (κ3) is 4.94. The molecule has 164 valence electrons. The smallest absolute Gasteiger partial charge is 0.410 e. The summed E-state index contributed by atoms with van der Waals surface area (Å²) in [6.07, 6.45) is 2.39. The molecule has 3 aromatic rings. The molecule has 1 aromatic heterocycles. The van der Waals surface area contributed by atoms with E-state index in [1.807, 2.05) is 30.3 Å². The van der Waals surface area contributed by atoms with Crippen LogP contribution in [0.25, 0.3) is 10.4 Å². The highest BCUT2D eigenvalue weighted by Gasteiger charge is 2.35. The molecular formula is C23H21N3O5S. The Labute approximate surface area is 188 Å². The second kappa shape index (κ2) is 9.61. The van der Waals surface area contributed by atoms with E-state index in [0.29, 0.717) is 18.1 Å². The molecule has 4 rings (SSSR count). The van der Waals surface area contributed by atoms with E-state index in [1.54, 1.807) is 18.3 Å². The van der Waals surface area contributed by atoms with Gasteiger partial charge < -0.3 is 15.2 Å². The Balaban J connectivity index is 1.36.